The van der Waals surface area contributed by atoms with E-state index in [-0.39, 0.29) is 0 Å². The lowest BCUT2D eigenvalue weighted by Crippen LogP contribution is -2.07. The monoisotopic (exact) mass is 578 g/mol. The highest BCUT2D eigenvalue weighted by Crippen LogP contribution is 2.39. The molecule has 7 nitrogen and oxygen atoms in total. The van der Waals surface area contributed by atoms with Gasteiger partial charge >= 0.3 is 0 Å². The molecule has 0 fully saturated rings. The maximum Gasteiger partial charge on any atom is 0.145 e. The van der Waals surface area contributed by atoms with Gasteiger partial charge in [0.1, 0.15) is 28.5 Å². The molecule has 0 amide bonds. The summed E-state index contributed by atoms with van der Waals surface area (Å²) in [5.41, 5.74) is 11.0. The van der Waals surface area contributed by atoms with Crippen molar-refractivity contribution in [2.24, 2.45) is 0 Å². The highest BCUT2D eigenvalue weighted by Gasteiger charge is 2.22. The molecule has 0 unspecified atom stereocenters. The molecule has 2 aliphatic heterocycles. The minimum absolute atomic E-state index is 0.322. The Morgan fingerprint density at radius 1 is 0.591 bits per heavy atom. The Morgan fingerprint density at radius 2 is 1.11 bits per heavy atom. The third kappa shape index (κ3) is 3.43. The van der Waals surface area contributed by atoms with Crippen molar-refractivity contribution < 1.29 is 14.6 Å². The van der Waals surface area contributed by atoms with Crippen LogP contribution in [0.4, 0.5) is 0 Å². The number of benzene rings is 4. The molecule has 10 rings (SSSR count). The lowest BCUT2D eigenvalue weighted by Gasteiger charge is -2.19. The van der Waals surface area contributed by atoms with Crippen LogP contribution in [0, 0.1) is 6.92 Å². The molecule has 44 heavy (non-hydrogen) atoms. The molecule has 0 radical (unpaired) electrons. The average molecular weight is 579 g/mol. The summed E-state index contributed by atoms with van der Waals surface area (Å²) in [6.45, 7) is 2.18. The van der Waals surface area contributed by atoms with Crippen LogP contribution in [-0.4, -0.2) is 38.1 Å². The second kappa shape index (κ2) is 9.10. The first-order valence-electron chi connectivity index (χ1n) is 15.0. The molecule has 7 heteroatoms. The minimum Gasteiger partial charge on any atom is -0.508 e. The van der Waals surface area contributed by atoms with E-state index in [9.17, 15) is 5.11 Å². The van der Waals surface area contributed by atoms with Gasteiger partial charge in [-0.05, 0) is 109 Å². The smallest absolute Gasteiger partial charge is 0.145 e. The van der Waals surface area contributed by atoms with Crippen molar-refractivity contribution in [3.63, 3.8) is 0 Å². The molecule has 2 aliphatic rings. The van der Waals surface area contributed by atoms with Crippen LogP contribution in [0.2, 0.25) is 0 Å². The number of nitrogens with zero attached hydrogens (tertiary/aromatic N) is 4. The van der Waals surface area contributed by atoms with E-state index in [1.165, 1.54) is 49.9 Å². The second-order valence-electron chi connectivity index (χ2n) is 12.0. The average Bonchev–Trinajstić information content (AvgIpc) is 3.69. The van der Waals surface area contributed by atoms with Gasteiger partial charge in [0.05, 0.1) is 25.3 Å². The fourth-order valence-electron chi connectivity index (χ4n) is 7.52. The largest absolute Gasteiger partial charge is 0.508 e. The number of phenolic OH excluding ortho intramolecular Hbond substituents is 1. The van der Waals surface area contributed by atoms with E-state index in [4.69, 9.17) is 14.5 Å². The number of imidazole rings is 2. The number of aromatic hydroxyl groups is 1. The molecule has 6 heterocycles. The molecule has 0 bridgehead atoms. The Labute approximate surface area is 252 Å². The molecule has 0 saturated heterocycles. The van der Waals surface area contributed by atoms with Crippen molar-refractivity contribution in [3.05, 3.63) is 101 Å². The normalized spacial score (nSPS) is 13.5. The first-order valence-corrected chi connectivity index (χ1v) is 15.0. The van der Waals surface area contributed by atoms with E-state index >= 15 is 0 Å². The van der Waals surface area contributed by atoms with Gasteiger partial charge in [-0.3, -0.25) is 8.80 Å². The summed E-state index contributed by atoms with van der Waals surface area (Å²) >= 11 is 0. The summed E-state index contributed by atoms with van der Waals surface area (Å²) in [7, 11) is 3.38. The number of methoxy groups -OCH3 is 2. The maximum atomic E-state index is 10.1. The van der Waals surface area contributed by atoms with Gasteiger partial charge in [0.15, 0.2) is 0 Å². The number of aryl methyl sites for hydroxylation is 5. The fraction of sp³-hybridized carbons (Fsp3) is 0.189. The first-order chi connectivity index (χ1) is 21.5. The van der Waals surface area contributed by atoms with E-state index in [2.05, 4.69) is 51.0 Å². The van der Waals surface area contributed by atoms with Crippen LogP contribution >= 0.6 is 0 Å². The molecule has 0 spiro atoms. The Kier molecular flexibility index (Phi) is 5.22. The standard InChI is InChI=1S/C19H16N2O.C18H14N2O2/c1-11-7-12-3-4-13-10-20-19-17-9-14(22-2)5-6-15(17)16(8-11)18(12)21(13)19;1-22-13-4-5-14-15-7-12(21)6-10-2-3-11-9-19-18(16(14)8-13)20(11)17(10)15/h5-10H,3-4H2,1-2H3;4-9,21H,2-3H2,1H3. The first kappa shape index (κ1) is 25.2. The number of aromatic nitrogens is 4. The van der Waals surface area contributed by atoms with Gasteiger partial charge in [-0.25, -0.2) is 9.97 Å². The number of fused-ring (bicyclic) bond motifs is 6. The fourth-order valence-corrected chi connectivity index (χ4v) is 7.52. The Morgan fingerprint density at radius 3 is 1.66 bits per heavy atom. The molecule has 216 valence electrons. The Balaban J connectivity index is 0.000000123. The number of hydrogen-bond acceptors (Lipinski definition) is 5. The quantitative estimate of drug-likeness (QED) is 0.215. The predicted octanol–water partition coefficient (Wildman–Crippen LogP) is 7.51. The van der Waals surface area contributed by atoms with Crippen LogP contribution in [0.3, 0.4) is 0 Å². The van der Waals surface area contributed by atoms with E-state index < -0.39 is 0 Å². The molecule has 0 saturated carbocycles. The zero-order valence-corrected chi connectivity index (χ0v) is 24.8. The van der Waals surface area contributed by atoms with Crippen molar-refractivity contribution >= 4 is 54.6 Å². The second-order valence-corrected chi connectivity index (χ2v) is 12.0. The minimum atomic E-state index is 0.322. The number of hydrogen-bond donors (Lipinski definition) is 1. The SMILES string of the molecule is COc1ccc2c(c1)c1ncc3n1c1c(cc(C)cc21)CC3.COc1ccc2c(c1)c1ncc3n1c1c(cc(O)cc21)CC3. The number of ether oxygens (including phenoxy) is 2. The van der Waals surface area contributed by atoms with Crippen molar-refractivity contribution in [1.82, 2.24) is 18.8 Å². The molecule has 0 aliphatic carbocycles. The van der Waals surface area contributed by atoms with Crippen LogP contribution < -0.4 is 9.47 Å². The lowest BCUT2D eigenvalue weighted by molar-refractivity contribution is 0.415. The van der Waals surface area contributed by atoms with Crippen molar-refractivity contribution in [2.45, 2.75) is 32.6 Å². The van der Waals surface area contributed by atoms with Crippen LogP contribution in [0.1, 0.15) is 28.1 Å². The molecule has 4 aromatic carbocycles. The van der Waals surface area contributed by atoms with Gasteiger partial charge in [0.2, 0.25) is 0 Å². The van der Waals surface area contributed by atoms with Gasteiger partial charge in [-0.1, -0.05) is 11.6 Å². The summed E-state index contributed by atoms with van der Waals surface area (Å²) in [5.74, 6) is 2.02. The molecule has 8 aromatic rings. The molecule has 4 aromatic heterocycles. The Bertz CT molecular complexity index is 2330. The van der Waals surface area contributed by atoms with Gasteiger partial charge in [-0.2, -0.15) is 0 Å². The molecule has 1 N–H and O–H groups in total. The predicted molar refractivity (Wildman–Crippen MR) is 175 cm³/mol. The van der Waals surface area contributed by atoms with Crippen molar-refractivity contribution in [1.29, 1.82) is 0 Å². The van der Waals surface area contributed by atoms with Gasteiger partial charge < -0.3 is 14.6 Å². The maximum absolute atomic E-state index is 10.1. The number of pyridine rings is 2. The third-order valence-corrected chi connectivity index (χ3v) is 9.44. The number of phenols is 1. The summed E-state index contributed by atoms with van der Waals surface area (Å²) < 4.78 is 15.4. The van der Waals surface area contributed by atoms with Crippen molar-refractivity contribution in [3.8, 4) is 17.2 Å². The number of rotatable bonds is 2. The third-order valence-electron chi connectivity index (χ3n) is 9.44. The highest BCUT2D eigenvalue weighted by molar-refractivity contribution is 6.14. The van der Waals surface area contributed by atoms with Crippen LogP contribution in [0.5, 0.6) is 17.2 Å². The summed E-state index contributed by atoms with van der Waals surface area (Å²) in [6, 6.07) is 20.7. The van der Waals surface area contributed by atoms with E-state index in [1.54, 1.807) is 14.2 Å². The van der Waals surface area contributed by atoms with E-state index in [1.807, 2.05) is 42.7 Å². The zero-order chi connectivity index (χ0) is 29.7. The van der Waals surface area contributed by atoms with E-state index in [0.29, 0.717) is 5.75 Å². The Hall–Kier alpha value is -5.30. The molecular formula is C37H30N4O3. The summed E-state index contributed by atoms with van der Waals surface area (Å²) in [6.07, 6.45) is 8.03. The highest BCUT2D eigenvalue weighted by atomic mass is 16.5. The molecular weight excluding hydrogens is 548 g/mol. The topological polar surface area (TPSA) is 73.3 Å². The zero-order valence-electron chi connectivity index (χ0n) is 24.8. The summed E-state index contributed by atoms with van der Waals surface area (Å²) in [4.78, 5) is 9.35. The van der Waals surface area contributed by atoms with Crippen LogP contribution in [0.25, 0.3) is 54.6 Å². The van der Waals surface area contributed by atoms with Gasteiger partial charge in [0, 0.05) is 45.3 Å². The van der Waals surface area contributed by atoms with Crippen LogP contribution in [-0.2, 0) is 25.7 Å². The molecule has 0 atom stereocenters. The van der Waals surface area contributed by atoms with Gasteiger partial charge in [0.25, 0.3) is 0 Å². The van der Waals surface area contributed by atoms with Crippen LogP contribution in [0.15, 0.2) is 73.1 Å². The van der Waals surface area contributed by atoms with E-state index in [0.717, 1.165) is 70.0 Å². The summed E-state index contributed by atoms with van der Waals surface area (Å²) in [5, 5.41) is 17.1. The van der Waals surface area contributed by atoms with Crippen molar-refractivity contribution in [2.75, 3.05) is 14.2 Å². The van der Waals surface area contributed by atoms with Gasteiger partial charge in [-0.15, -0.1) is 0 Å². The lowest BCUT2D eigenvalue weighted by atomic mass is 9.95.